The number of nitrogens with one attached hydrogen (secondary N) is 3. The molecule has 0 aliphatic rings. The Bertz CT molecular complexity index is 1140. The fraction of sp³-hybridized carbons (Fsp3) is 0.273. The second-order valence-corrected chi connectivity index (χ2v) is 7.81. The molecule has 2 heterocycles. The van der Waals surface area contributed by atoms with Crippen LogP contribution < -0.4 is 15.5 Å². The lowest BCUT2D eigenvalue weighted by Gasteiger charge is -2.21. The van der Waals surface area contributed by atoms with Crippen molar-refractivity contribution in [2.24, 2.45) is 4.99 Å². The van der Waals surface area contributed by atoms with Gasteiger partial charge in [-0.2, -0.15) is 0 Å². The number of amidine groups is 1. The Hall–Kier alpha value is -3.31. The molecule has 11 heteroatoms. The van der Waals surface area contributed by atoms with Crippen LogP contribution in [0.25, 0.3) is 0 Å². The molecular weight excluding hydrogens is 495 g/mol. The van der Waals surface area contributed by atoms with Crippen molar-refractivity contribution in [2.45, 2.75) is 32.9 Å². The maximum Gasteiger partial charge on any atom is 0.192 e. The fourth-order valence-electron chi connectivity index (χ4n) is 3.07. The van der Waals surface area contributed by atoms with Crippen molar-refractivity contribution in [3.63, 3.8) is 0 Å². The summed E-state index contributed by atoms with van der Waals surface area (Å²) >= 11 is 3.37. The molecule has 0 bridgehead atoms. The quantitative estimate of drug-likeness (QED) is 0.200. The maximum absolute atomic E-state index is 14.2. The summed E-state index contributed by atoms with van der Waals surface area (Å²) in [6, 6.07) is 7.86. The van der Waals surface area contributed by atoms with Gasteiger partial charge in [0.2, 0.25) is 0 Å². The van der Waals surface area contributed by atoms with Crippen molar-refractivity contribution in [3.8, 4) is 5.75 Å². The predicted octanol–water partition coefficient (Wildman–Crippen LogP) is 4.79. The molecule has 33 heavy (non-hydrogen) atoms. The molecule has 174 valence electrons. The summed E-state index contributed by atoms with van der Waals surface area (Å²) in [6.07, 6.45) is 2.67. The Kier molecular flexibility index (Phi) is 8.50. The minimum atomic E-state index is -0.598. The first-order valence-corrected chi connectivity index (χ1v) is 10.9. The summed E-state index contributed by atoms with van der Waals surface area (Å²) in [7, 11) is 1.46. The average molecular weight is 519 g/mol. The lowest BCUT2D eigenvalue weighted by Crippen LogP contribution is -2.26. The van der Waals surface area contributed by atoms with E-state index in [0.717, 1.165) is 18.5 Å². The van der Waals surface area contributed by atoms with Gasteiger partial charge in [-0.15, -0.1) is 0 Å². The zero-order valence-corrected chi connectivity index (χ0v) is 19.9. The van der Waals surface area contributed by atoms with Crippen LogP contribution in [-0.4, -0.2) is 29.4 Å². The topological polar surface area (TPSA) is 118 Å². The summed E-state index contributed by atoms with van der Waals surface area (Å²) in [5.41, 5.74) is 4.60. The molecule has 0 aliphatic carbocycles. The van der Waals surface area contributed by atoms with E-state index in [4.69, 9.17) is 19.5 Å². The summed E-state index contributed by atoms with van der Waals surface area (Å²) < 4.78 is 26.3. The maximum atomic E-state index is 14.2. The Morgan fingerprint density at radius 3 is 2.88 bits per heavy atom. The van der Waals surface area contributed by atoms with Crippen LogP contribution in [0.15, 0.2) is 50.5 Å². The minimum Gasteiger partial charge on any atom is -0.482 e. The molecule has 3 rings (SSSR count). The van der Waals surface area contributed by atoms with Gasteiger partial charge in [-0.1, -0.05) is 12.1 Å². The molecule has 0 saturated carbocycles. The molecule has 1 atom stereocenters. The molecule has 1 unspecified atom stereocenters. The van der Waals surface area contributed by atoms with E-state index in [0.29, 0.717) is 45.3 Å². The lowest BCUT2D eigenvalue weighted by molar-refractivity contribution is 0.219. The number of aliphatic imine (C=N–C) groups is 1. The average Bonchev–Trinajstić information content (AvgIpc) is 3.27. The highest BCUT2D eigenvalue weighted by molar-refractivity contribution is 9.10. The van der Waals surface area contributed by atoms with Crippen molar-refractivity contribution >= 4 is 33.9 Å². The lowest BCUT2D eigenvalue weighted by atomic mass is 10.0. The molecule has 0 amide bonds. The number of aromatic nitrogens is 2. The second kappa shape index (κ2) is 11.5. The highest BCUT2D eigenvalue weighted by Crippen LogP contribution is 2.31. The van der Waals surface area contributed by atoms with Gasteiger partial charge < -0.3 is 14.6 Å². The number of ether oxygens (including phenoxy) is 1. The van der Waals surface area contributed by atoms with E-state index in [1.165, 1.54) is 19.2 Å². The molecule has 9 nitrogen and oxygen atoms in total. The van der Waals surface area contributed by atoms with E-state index in [2.05, 4.69) is 41.9 Å². The molecular formula is C22H24BrFN6O3. The Morgan fingerprint density at radius 1 is 1.36 bits per heavy atom. The first kappa shape index (κ1) is 24.3. The largest absolute Gasteiger partial charge is 0.482 e. The second-order valence-electron chi connectivity index (χ2n) is 6.90. The Labute approximate surface area is 199 Å². The van der Waals surface area contributed by atoms with Gasteiger partial charge in [0, 0.05) is 27.9 Å². The number of halogens is 2. The molecule has 0 spiro atoms. The van der Waals surface area contributed by atoms with E-state index in [1.54, 1.807) is 25.3 Å². The Balaban J connectivity index is 1.90. The third-order valence-electron chi connectivity index (χ3n) is 4.62. The van der Waals surface area contributed by atoms with E-state index < -0.39 is 11.9 Å². The van der Waals surface area contributed by atoms with Crippen LogP contribution in [0.3, 0.4) is 0 Å². The molecule has 3 N–H and O–H groups in total. The number of rotatable bonds is 10. The molecule has 0 saturated heterocycles. The highest BCUT2D eigenvalue weighted by Gasteiger charge is 2.20. The van der Waals surface area contributed by atoms with Crippen molar-refractivity contribution in [1.82, 2.24) is 15.5 Å². The van der Waals surface area contributed by atoms with Crippen LogP contribution in [0.1, 0.15) is 42.5 Å². The van der Waals surface area contributed by atoms with Crippen molar-refractivity contribution in [2.75, 3.05) is 12.6 Å². The Morgan fingerprint density at radius 2 is 2.18 bits per heavy atom. The molecule has 1 aromatic carbocycles. The van der Waals surface area contributed by atoms with Crippen LogP contribution >= 0.6 is 15.9 Å². The normalized spacial score (nSPS) is 12.3. The highest BCUT2D eigenvalue weighted by atomic mass is 79.9. The fourth-order valence-corrected chi connectivity index (χ4v) is 3.39. The SMILES string of the molecule is CCc1cc(CN/C(=N\C=N)c2ccc(F)cc2C(C)Oc2cc(Br)cnc2NOC)on1. The minimum absolute atomic E-state index is 0.295. The summed E-state index contributed by atoms with van der Waals surface area (Å²) in [4.78, 5) is 13.3. The first-order chi connectivity index (χ1) is 15.9. The van der Waals surface area contributed by atoms with Crippen LogP contribution in [0, 0.1) is 11.2 Å². The van der Waals surface area contributed by atoms with E-state index in [1.807, 2.05) is 13.0 Å². The van der Waals surface area contributed by atoms with Gasteiger partial charge in [0.1, 0.15) is 24.1 Å². The van der Waals surface area contributed by atoms with Gasteiger partial charge in [0.15, 0.2) is 17.3 Å². The monoisotopic (exact) mass is 518 g/mol. The number of hydrogen-bond acceptors (Lipinski definition) is 7. The third kappa shape index (κ3) is 6.36. The summed E-state index contributed by atoms with van der Waals surface area (Å²) in [5, 5.41) is 14.6. The zero-order valence-electron chi connectivity index (χ0n) is 18.4. The third-order valence-corrected chi connectivity index (χ3v) is 5.06. The number of hydrogen-bond donors (Lipinski definition) is 3. The zero-order chi connectivity index (χ0) is 23.8. The molecule has 0 fully saturated rings. The number of benzene rings is 1. The first-order valence-electron chi connectivity index (χ1n) is 10.1. The van der Waals surface area contributed by atoms with Gasteiger partial charge in [-0.05, 0) is 53.5 Å². The van der Waals surface area contributed by atoms with Gasteiger partial charge in [0.25, 0.3) is 0 Å². The van der Waals surface area contributed by atoms with Crippen molar-refractivity contribution in [1.29, 1.82) is 5.41 Å². The van der Waals surface area contributed by atoms with Gasteiger partial charge >= 0.3 is 0 Å². The predicted molar refractivity (Wildman–Crippen MR) is 126 cm³/mol. The van der Waals surface area contributed by atoms with E-state index in [-0.39, 0.29) is 0 Å². The van der Waals surface area contributed by atoms with Crippen LogP contribution in [0.5, 0.6) is 5.75 Å². The summed E-state index contributed by atoms with van der Waals surface area (Å²) in [5.74, 6) is 1.33. The van der Waals surface area contributed by atoms with Crippen LogP contribution in [-0.2, 0) is 17.8 Å². The molecule has 0 radical (unpaired) electrons. The van der Waals surface area contributed by atoms with Gasteiger partial charge in [-0.3, -0.25) is 10.2 Å². The smallest absolute Gasteiger partial charge is 0.192 e. The van der Waals surface area contributed by atoms with Crippen molar-refractivity contribution in [3.05, 3.63) is 69.4 Å². The molecule has 2 aromatic heterocycles. The van der Waals surface area contributed by atoms with Gasteiger partial charge in [-0.25, -0.2) is 19.8 Å². The van der Waals surface area contributed by atoms with E-state index in [9.17, 15) is 4.39 Å². The number of nitrogens with zero attached hydrogens (tertiary/aromatic N) is 3. The van der Waals surface area contributed by atoms with E-state index >= 15 is 0 Å². The number of aryl methyl sites for hydroxylation is 1. The van der Waals surface area contributed by atoms with Crippen molar-refractivity contribution < 1.29 is 18.5 Å². The molecule has 3 aromatic rings. The number of pyridine rings is 1. The molecule has 0 aliphatic heterocycles. The van der Waals surface area contributed by atoms with Gasteiger partial charge in [0.05, 0.1) is 19.3 Å². The summed E-state index contributed by atoms with van der Waals surface area (Å²) in [6.45, 7) is 4.06. The van der Waals surface area contributed by atoms with Crippen LogP contribution in [0.4, 0.5) is 10.2 Å². The standard InChI is InChI=1S/C22H24BrFN6O3/c1-4-16-9-17(33-29-16)11-27-21(28-12-25)18-6-5-15(24)8-19(18)13(2)32-20-7-14(23)10-26-22(20)30-31-3/h5-10,12-13H,4,11H2,1-3H3,(H,26,30)(H2,25,27,28). The van der Waals surface area contributed by atoms with Crippen LogP contribution in [0.2, 0.25) is 0 Å². The number of anilines is 1.